The summed E-state index contributed by atoms with van der Waals surface area (Å²) in [6, 6.07) is 31.0. The normalized spacial score (nSPS) is 20.8. The third-order valence-corrected chi connectivity index (χ3v) is 19.3. The number of aryl methyl sites for hydroxylation is 2. The van der Waals surface area contributed by atoms with Crippen LogP contribution in [0.4, 0.5) is 17.6 Å². The summed E-state index contributed by atoms with van der Waals surface area (Å²) in [6.45, 7) is 4.59. The minimum absolute atomic E-state index is 0.0690. The third-order valence-electron chi connectivity index (χ3n) is 17.0. The molecule has 0 radical (unpaired) electrons. The lowest BCUT2D eigenvalue weighted by Gasteiger charge is -2.38. The quantitative estimate of drug-likeness (QED) is 0.0601. The number of carbonyl (C=O) groups excluding carboxylic acids is 2. The lowest BCUT2D eigenvalue weighted by Crippen LogP contribution is -2.37. The van der Waals surface area contributed by atoms with Crippen molar-refractivity contribution in [3.05, 3.63) is 166 Å². The van der Waals surface area contributed by atoms with E-state index in [4.69, 9.17) is 5.10 Å². The fraction of sp³-hybridized carbons (Fsp3) is 0.467. The number of unbranched alkanes of at least 4 members (excludes halogenated alkanes) is 1. The van der Waals surface area contributed by atoms with E-state index in [1.165, 1.54) is 28.5 Å². The number of amides is 2. The maximum Gasteiger partial charge on any atom is 0.273 e. The maximum atomic E-state index is 15.8. The van der Waals surface area contributed by atoms with Gasteiger partial charge in [0.1, 0.15) is 0 Å². The first-order chi connectivity index (χ1) is 38.2. The van der Waals surface area contributed by atoms with Gasteiger partial charge in [-0.2, -0.15) is 10.2 Å². The number of rotatable bonds is 18. The minimum Gasteiger partial charge on any atom is -0.332 e. The Morgan fingerprint density at radius 3 is 1.52 bits per heavy atom. The molecular weight excluding hydrogens is 1070 g/mol. The predicted molar refractivity (Wildman–Crippen MR) is 297 cm³/mol. The molecular formula is C60H70F4N8O6S2. The van der Waals surface area contributed by atoms with E-state index < -0.39 is 68.3 Å². The van der Waals surface area contributed by atoms with Gasteiger partial charge in [-0.1, -0.05) is 84.9 Å². The summed E-state index contributed by atoms with van der Waals surface area (Å²) in [7, 11) is -6.80. The Bertz CT molecular complexity index is 3360. The molecule has 4 aliphatic rings. The molecule has 80 heavy (non-hydrogen) atoms. The topological polar surface area (TPSA) is 151 Å². The van der Waals surface area contributed by atoms with Crippen LogP contribution in [0.25, 0.3) is 0 Å². The van der Waals surface area contributed by atoms with Gasteiger partial charge in [0.2, 0.25) is 0 Å². The zero-order valence-electron chi connectivity index (χ0n) is 45.5. The Labute approximate surface area is 466 Å². The van der Waals surface area contributed by atoms with E-state index in [1.807, 2.05) is 40.6 Å². The number of hydrogen-bond acceptors (Lipinski definition) is 10. The molecule has 0 aliphatic carbocycles. The van der Waals surface area contributed by atoms with Crippen LogP contribution in [-0.4, -0.2) is 145 Å². The number of likely N-dealkylation sites (tertiary alicyclic amines) is 4. The second kappa shape index (κ2) is 23.3. The number of sulfone groups is 2. The molecule has 0 saturated carbocycles. The van der Waals surface area contributed by atoms with Crippen molar-refractivity contribution in [3.8, 4) is 0 Å². The molecule has 2 amide bonds. The summed E-state index contributed by atoms with van der Waals surface area (Å²) in [5, 5.41) is 9.38. The molecule has 14 nitrogen and oxygen atoms in total. The zero-order valence-corrected chi connectivity index (χ0v) is 47.2. The van der Waals surface area contributed by atoms with Gasteiger partial charge in [-0.15, -0.1) is 0 Å². The van der Waals surface area contributed by atoms with E-state index in [2.05, 4.69) is 14.9 Å². The summed E-state index contributed by atoms with van der Waals surface area (Å²) < 4.78 is 116. The summed E-state index contributed by atoms with van der Waals surface area (Å²) in [5.41, 5.74) is 5.09. The number of alkyl halides is 4. The van der Waals surface area contributed by atoms with E-state index in [0.717, 1.165) is 28.9 Å². The van der Waals surface area contributed by atoms with Crippen molar-refractivity contribution in [2.45, 2.75) is 123 Å². The highest BCUT2D eigenvalue weighted by atomic mass is 32.2. The van der Waals surface area contributed by atoms with Crippen LogP contribution in [0.15, 0.2) is 131 Å². The highest BCUT2D eigenvalue weighted by Gasteiger charge is 2.52. The molecule has 10 rings (SSSR count). The SMILES string of the molecule is CCn1ncc(C(=O)N2CC(c3ccccc3)C(F)(F)C2)c1C1CCN(C(CCCCn2ncc(C(=O)N3CC(c4ccccc4)C(F)(F)C3)c2C2CCN(Cc3ccc(S(C)(=O)=O)cc3)CC2)c2ccc(S(C)(=O)=O)cc2)CC1. The molecule has 6 aromatic rings. The molecule has 4 aromatic carbocycles. The smallest absolute Gasteiger partial charge is 0.273 e. The number of benzene rings is 4. The van der Waals surface area contributed by atoms with Crippen molar-refractivity contribution in [2.75, 3.05) is 64.9 Å². The first-order valence-electron chi connectivity index (χ1n) is 27.8. The summed E-state index contributed by atoms with van der Waals surface area (Å²) in [4.78, 5) is 36.5. The van der Waals surface area contributed by atoms with Gasteiger partial charge in [0.15, 0.2) is 19.7 Å². The first-order valence-corrected chi connectivity index (χ1v) is 31.6. The lowest BCUT2D eigenvalue weighted by molar-refractivity contribution is -0.00276. The molecule has 0 N–H and O–H groups in total. The molecule has 4 aliphatic heterocycles. The minimum atomic E-state index is -3.46. The Kier molecular flexibility index (Phi) is 16.6. The average molecular weight is 1140 g/mol. The van der Waals surface area contributed by atoms with E-state index in [9.17, 15) is 26.4 Å². The Morgan fingerprint density at radius 1 is 0.600 bits per heavy atom. The van der Waals surface area contributed by atoms with Crippen LogP contribution >= 0.6 is 0 Å². The van der Waals surface area contributed by atoms with E-state index >= 15 is 17.6 Å². The number of aromatic nitrogens is 4. The number of piperidine rings is 2. The van der Waals surface area contributed by atoms with Crippen molar-refractivity contribution >= 4 is 31.5 Å². The predicted octanol–water partition coefficient (Wildman–Crippen LogP) is 9.83. The first kappa shape index (κ1) is 57.0. The van der Waals surface area contributed by atoms with Crippen molar-refractivity contribution < 1.29 is 44.0 Å². The summed E-state index contributed by atoms with van der Waals surface area (Å²) >= 11 is 0. The second-order valence-electron chi connectivity index (χ2n) is 22.4. The standard InChI is InChI=1S/C60H70F4N8O6S2/c1-4-71-55(50(35-65-71)57(73)69-38-52(59(61,62)40-69)43-13-7-5-8-14-43)47-28-33-68(34-29-47)54(45-20-24-49(25-21-45)80(3,77)78)17-11-12-30-72-56(46-26-31-67(32-27-46)37-42-18-22-48(23-19-42)79(2,75)76)51(36-66-72)58(74)70-39-53(60(63,64)41-70)44-15-9-6-10-16-44/h5-10,13-16,18-25,35-36,46-47,52-54H,4,11-12,17,26-34,37-41H2,1-3H3. The van der Waals surface area contributed by atoms with Gasteiger partial charge in [0.25, 0.3) is 23.7 Å². The Hall–Kier alpha value is -6.22. The van der Waals surface area contributed by atoms with Crippen LogP contribution in [0.3, 0.4) is 0 Å². The van der Waals surface area contributed by atoms with Gasteiger partial charge in [0.05, 0.1) is 69.6 Å². The van der Waals surface area contributed by atoms with Crippen LogP contribution < -0.4 is 0 Å². The van der Waals surface area contributed by atoms with Gasteiger partial charge >= 0.3 is 0 Å². The molecule has 0 bridgehead atoms. The van der Waals surface area contributed by atoms with Gasteiger partial charge in [-0.3, -0.25) is 28.8 Å². The zero-order chi connectivity index (χ0) is 56.6. The van der Waals surface area contributed by atoms with Crippen LogP contribution in [-0.2, 0) is 39.3 Å². The maximum absolute atomic E-state index is 15.8. The van der Waals surface area contributed by atoms with Crippen LogP contribution in [0.2, 0.25) is 0 Å². The van der Waals surface area contributed by atoms with Gasteiger partial charge in [0, 0.05) is 63.1 Å². The van der Waals surface area contributed by atoms with Crippen LogP contribution in [0.5, 0.6) is 0 Å². The Morgan fingerprint density at radius 2 is 1.05 bits per heavy atom. The molecule has 3 unspecified atom stereocenters. The van der Waals surface area contributed by atoms with Gasteiger partial charge in [-0.05, 0) is 125 Å². The van der Waals surface area contributed by atoms with Crippen LogP contribution in [0, 0.1) is 0 Å². The molecule has 0 spiro atoms. The van der Waals surface area contributed by atoms with Crippen molar-refractivity contribution in [3.63, 3.8) is 0 Å². The molecule has 4 fully saturated rings. The summed E-state index contributed by atoms with van der Waals surface area (Å²) in [6.07, 6.45) is 10.2. The molecule has 3 atom stereocenters. The van der Waals surface area contributed by atoms with Crippen molar-refractivity contribution in [1.82, 2.24) is 39.2 Å². The highest BCUT2D eigenvalue weighted by molar-refractivity contribution is 7.91. The Balaban J connectivity index is 0.847. The van der Waals surface area contributed by atoms with E-state index in [1.54, 1.807) is 91.1 Å². The van der Waals surface area contributed by atoms with Gasteiger partial charge in [-0.25, -0.2) is 34.4 Å². The molecule has 2 aromatic heterocycles. The van der Waals surface area contributed by atoms with Gasteiger partial charge < -0.3 is 9.80 Å². The average Bonchev–Trinajstić information content (AvgIpc) is 4.25. The molecule has 6 heterocycles. The van der Waals surface area contributed by atoms with Crippen LogP contribution in [0.1, 0.15) is 136 Å². The largest absolute Gasteiger partial charge is 0.332 e. The molecule has 20 heteroatoms. The number of nitrogens with zero attached hydrogens (tertiary/aromatic N) is 8. The highest BCUT2D eigenvalue weighted by Crippen LogP contribution is 2.44. The number of hydrogen-bond donors (Lipinski definition) is 0. The van der Waals surface area contributed by atoms with Crippen molar-refractivity contribution in [2.24, 2.45) is 0 Å². The van der Waals surface area contributed by atoms with Crippen molar-refractivity contribution in [1.29, 1.82) is 0 Å². The second-order valence-corrected chi connectivity index (χ2v) is 26.4. The number of carbonyl (C=O) groups is 2. The molecule has 426 valence electrons. The van der Waals surface area contributed by atoms with E-state index in [0.29, 0.717) is 107 Å². The fourth-order valence-corrected chi connectivity index (χ4v) is 14.0. The molecule has 4 saturated heterocycles. The third kappa shape index (κ3) is 12.3. The number of halogens is 4. The van der Waals surface area contributed by atoms with E-state index in [-0.39, 0.29) is 40.8 Å². The monoisotopic (exact) mass is 1140 g/mol. The fourth-order valence-electron chi connectivity index (χ4n) is 12.7. The summed E-state index contributed by atoms with van der Waals surface area (Å²) in [5.74, 6) is -9.54. The lowest BCUT2D eigenvalue weighted by atomic mass is 9.88.